The highest BCUT2D eigenvalue weighted by Gasteiger charge is 2.08. The summed E-state index contributed by atoms with van der Waals surface area (Å²) in [6.07, 6.45) is 2.70. The molecule has 0 aliphatic rings. The molecule has 0 unspecified atom stereocenters. The van der Waals surface area contributed by atoms with Crippen molar-refractivity contribution in [2.24, 2.45) is 4.99 Å². The van der Waals surface area contributed by atoms with Crippen molar-refractivity contribution in [3.8, 4) is 0 Å². The Morgan fingerprint density at radius 1 is 1.38 bits per heavy atom. The van der Waals surface area contributed by atoms with Crippen molar-refractivity contribution in [1.29, 1.82) is 0 Å². The van der Waals surface area contributed by atoms with Crippen LogP contribution in [-0.2, 0) is 13.0 Å². The molecule has 6 heteroatoms. The molecule has 0 aliphatic carbocycles. The second-order valence-corrected chi connectivity index (χ2v) is 5.82. The first-order chi connectivity index (χ1) is 10.2. The van der Waals surface area contributed by atoms with Gasteiger partial charge in [-0.1, -0.05) is 6.07 Å². The van der Waals surface area contributed by atoms with E-state index in [-0.39, 0.29) is 0 Å². The summed E-state index contributed by atoms with van der Waals surface area (Å²) >= 11 is 1.67. The molecule has 0 fully saturated rings. The summed E-state index contributed by atoms with van der Waals surface area (Å²) < 4.78 is 0. The minimum absolute atomic E-state index is 0.758. The number of hydrogen-bond acceptors (Lipinski definition) is 4. The maximum Gasteiger partial charge on any atom is 0.193 e. The van der Waals surface area contributed by atoms with Crippen LogP contribution in [0, 0.1) is 6.92 Å². The van der Waals surface area contributed by atoms with Gasteiger partial charge in [0.05, 0.1) is 17.2 Å². The maximum absolute atomic E-state index is 4.48. The van der Waals surface area contributed by atoms with Gasteiger partial charge < -0.3 is 10.2 Å². The van der Waals surface area contributed by atoms with Crippen LogP contribution in [0.3, 0.4) is 0 Å². The Balaban J connectivity index is 1.82. The van der Waals surface area contributed by atoms with Gasteiger partial charge >= 0.3 is 0 Å². The Labute approximate surface area is 129 Å². The third-order valence-corrected chi connectivity index (χ3v) is 3.85. The van der Waals surface area contributed by atoms with E-state index in [9.17, 15) is 0 Å². The average molecular weight is 303 g/mol. The highest BCUT2D eigenvalue weighted by molar-refractivity contribution is 7.09. The first-order valence-corrected chi connectivity index (χ1v) is 7.79. The lowest BCUT2D eigenvalue weighted by molar-refractivity contribution is 0.471. The summed E-state index contributed by atoms with van der Waals surface area (Å²) in [6, 6.07) is 5.97. The fourth-order valence-corrected chi connectivity index (χ4v) is 2.64. The lowest BCUT2D eigenvalue weighted by atomic mass is 10.3. The van der Waals surface area contributed by atoms with Gasteiger partial charge in [0.25, 0.3) is 0 Å². The van der Waals surface area contributed by atoms with Gasteiger partial charge in [-0.05, 0) is 19.1 Å². The summed E-state index contributed by atoms with van der Waals surface area (Å²) in [6.45, 7) is 3.59. The van der Waals surface area contributed by atoms with E-state index in [4.69, 9.17) is 0 Å². The molecule has 0 aromatic carbocycles. The highest BCUT2D eigenvalue weighted by atomic mass is 32.1. The molecule has 112 valence electrons. The Morgan fingerprint density at radius 2 is 2.24 bits per heavy atom. The minimum Gasteiger partial charge on any atom is -0.356 e. The van der Waals surface area contributed by atoms with E-state index in [2.05, 4.69) is 30.6 Å². The molecule has 0 saturated heterocycles. The summed E-state index contributed by atoms with van der Waals surface area (Å²) in [5.74, 6) is 0.872. The third kappa shape index (κ3) is 4.82. The van der Waals surface area contributed by atoms with Crippen LogP contribution in [0.15, 0.2) is 34.8 Å². The molecule has 21 heavy (non-hydrogen) atoms. The van der Waals surface area contributed by atoms with Gasteiger partial charge in [-0.15, -0.1) is 11.3 Å². The number of nitrogens with one attached hydrogen (secondary N) is 1. The Morgan fingerprint density at radius 3 is 2.86 bits per heavy atom. The molecule has 1 N–H and O–H groups in total. The van der Waals surface area contributed by atoms with Crippen LogP contribution in [0.25, 0.3) is 0 Å². The molecule has 0 amide bonds. The van der Waals surface area contributed by atoms with Gasteiger partial charge in [-0.25, -0.2) is 4.98 Å². The van der Waals surface area contributed by atoms with Crippen molar-refractivity contribution in [3.63, 3.8) is 0 Å². The van der Waals surface area contributed by atoms with E-state index in [1.807, 2.05) is 38.4 Å². The van der Waals surface area contributed by atoms with E-state index in [0.717, 1.165) is 41.9 Å². The van der Waals surface area contributed by atoms with Gasteiger partial charge in [0, 0.05) is 44.3 Å². The van der Waals surface area contributed by atoms with Gasteiger partial charge in [-0.2, -0.15) is 0 Å². The standard InChI is InChI=1S/C15H21N5S/c1-12-19-14(11-21-12)10-20(3)15(16-2)18-9-7-13-6-4-5-8-17-13/h4-6,8,11H,7,9-10H2,1-3H3,(H,16,18). The van der Waals surface area contributed by atoms with Crippen LogP contribution in [0.4, 0.5) is 0 Å². The number of nitrogens with zero attached hydrogens (tertiary/aromatic N) is 4. The van der Waals surface area contributed by atoms with Crippen molar-refractivity contribution >= 4 is 17.3 Å². The van der Waals surface area contributed by atoms with Crippen LogP contribution in [-0.4, -0.2) is 41.5 Å². The molecule has 2 aromatic rings. The van der Waals surface area contributed by atoms with Crippen molar-refractivity contribution in [3.05, 3.63) is 46.2 Å². The first kappa shape index (κ1) is 15.4. The second kappa shape index (κ2) is 7.73. The number of aliphatic imine (C=N–C) groups is 1. The van der Waals surface area contributed by atoms with E-state index in [1.165, 1.54) is 0 Å². The molecule has 0 radical (unpaired) electrons. The third-order valence-electron chi connectivity index (χ3n) is 3.03. The Kier molecular flexibility index (Phi) is 5.68. The van der Waals surface area contributed by atoms with E-state index < -0.39 is 0 Å². The normalized spacial score (nSPS) is 11.5. The van der Waals surface area contributed by atoms with Crippen molar-refractivity contribution in [2.45, 2.75) is 19.9 Å². The summed E-state index contributed by atoms with van der Waals surface area (Å²) in [5.41, 5.74) is 2.16. The summed E-state index contributed by atoms with van der Waals surface area (Å²) in [4.78, 5) is 15.2. The van der Waals surface area contributed by atoms with E-state index in [1.54, 1.807) is 18.4 Å². The molecular formula is C15H21N5S. The Hall–Kier alpha value is -1.95. The molecular weight excluding hydrogens is 282 g/mol. The topological polar surface area (TPSA) is 53.4 Å². The van der Waals surface area contributed by atoms with Crippen LogP contribution < -0.4 is 5.32 Å². The zero-order valence-electron chi connectivity index (χ0n) is 12.7. The molecule has 0 aliphatic heterocycles. The summed E-state index contributed by atoms with van der Waals surface area (Å²) in [7, 11) is 3.82. The number of hydrogen-bond donors (Lipinski definition) is 1. The highest BCUT2D eigenvalue weighted by Crippen LogP contribution is 2.09. The molecule has 2 aromatic heterocycles. The van der Waals surface area contributed by atoms with Crippen LogP contribution in [0.2, 0.25) is 0 Å². The lowest BCUT2D eigenvalue weighted by Gasteiger charge is -2.21. The van der Waals surface area contributed by atoms with Gasteiger partial charge in [-0.3, -0.25) is 9.98 Å². The second-order valence-electron chi connectivity index (χ2n) is 4.76. The van der Waals surface area contributed by atoms with Crippen LogP contribution in [0.1, 0.15) is 16.4 Å². The lowest BCUT2D eigenvalue weighted by Crippen LogP contribution is -2.39. The Bertz CT molecular complexity index is 579. The van der Waals surface area contributed by atoms with Crippen molar-refractivity contribution in [1.82, 2.24) is 20.2 Å². The van der Waals surface area contributed by atoms with Gasteiger partial charge in [0.15, 0.2) is 5.96 Å². The predicted octanol–water partition coefficient (Wildman–Crippen LogP) is 2.10. The van der Waals surface area contributed by atoms with Crippen molar-refractivity contribution in [2.75, 3.05) is 20.6 Å². The zero-order chi connectivity index (χ0) is 15.1. The quantitative estimate of drug-likeness (QED) is 0.679. The first-order valence-electron chi connectivity index (χ1n) is 6.91. The molecule has 0 saturated carbocycles. The zero-order valence-corrected chi connectivity index (χ0v) is 13.5. The fourth-order valence-electron chi connectivity index (χ4n) is 2.03. The maximum atomic E-state index is 4.48. The number of aromatic nitrogens is 2. The molecule has 2 rings (SSSR count). The summed E-state index contributed by atoms with van der Waals surface area (Å²) in [5, 5.41) is 6.54. The molecule has 0 bridgehead atoms. The average Bonchev–Trinajstić information content (AvgIpc) is 2.89. The largest absolute Gasteiger partial charge is 0.356 e. The van der Waals surface area contributed by atoms with E-state index >= 15 is 0 Å². The molecule has 2 heterocycles. The van der Waals surface area contributed by atoms with Gasteiger partial charge in [0.1, 0.15) is 0 Å². The van der Waals surface area contributed by atoms with Crippen LogP contribution in [0.5, 0.6) is 0 Å². The number of rotatable bonds is 5. The number of thiazole rings is 1. The number of aryl methyl sites for hydroxylation is 1. The monoisotopic (exact) mass is 303 g/mol. The van der Waals surface area contributed by atoms with Gasteiger partial charge in [0.2, 0.25) is 0 Å². The smallest absolute Gasteiger partial charge is 0.193 e. The molecule has 0 atom stereocenters. The SMILES string of the molecule is CN=C(NCCc1ccccn1)N(C)Cc1csc(C)n1. The molecule has 0 spiro atoms. The number of guanidine groups is 1. The van der Waals surface area contributed by atoms with E-state index in [0.29, 0.717) is 0 Å². The molecule has 5 nitrogen and oxygen atoms in total. The minimum atomic E-state index is 0.758. The predicted molar refractivity (Wildman–Crippen MR) is 87.6 cm³/mol. The van der Waals surface area contributed by atoms with Crippen molar-refractivity contribution < 1.29 is 0 Å². The number of pyridine rings is 1. The fraction of sp³-hybridized carbons (Fsp3) is 0.400. The van der Waals surface area contributed by atoms with Crippen LogP contribution >= 0.6 is 11.3 Å².